The second kappa shape index (κ2) is 8.85. The van der Waals surface area contributed by atoms with E-state index >= 15 is 0 Å². The van der Waals surface area contributed by atoms with Gasteiger partial charge in [-0.2, -0.15) is 0 Å². The van der Waals surface area contributed by atoms with Crippen molar-refractivity contribution in [1.82, 2.24) is 0 Å². The van der Waals surface area contributed by atoms with E-state index in [1.807, 2.05) is 0 Å². The van der Waals surface area contributed by atoms with E-state index in [1.165, 1.54) is 14.2 Å². The van der Waals surface area contributed by atoms with Crippen LogP contribution in [0.3, 0.4) is 0 Å². The molecule has 7 nitrogen and oxygen atoms in total. The van der Waals surface area contributed by atoms with Crippen LogP contribution >= 0.6 is 0 Å². The topological polar surface area (TPSA) is 80.3 Å². The average molecular weight is 432 g/mol. The highest BCUT2D eigenvalue weighted by Gasteiger charge is 2.27. The molecular formula is C25H20O7. The summed E-state index contributed by atoms with van der Waals surface area (Å²) in [7, 11) is 4.53. The molecule has 0 N–H and O–H groups in total. The minimum Gasteiger partial charge on any atom is -0.497 e. The molecule has 4 rings (SSSR count). The van der Waals surface area contributed by atoms with Gasteiger partial charge >= 0.3 is 5.97 Å². The van der Waals surface area contributed by atoms with Gasteiger partial charge in [0.1, 0.15) is 17.2 Å². The van der Waals surface area contributed by atoms with Crippen molar-refractivity contribution in [3.63, 3.8) is 0 Å². The molecule has 3 aromatic carbocycles. The van der Waals surface area contributed by atoms with Crippen molar-refractivity contribution in [2.45, 2.75) is 0 Å². The van der Waals surface area contributed by atoms with Crippen molar-refractivity contribution in [1.29, 1.82) is 0 Å². The fraction of sp³-hybridized carbons (Fsp3) is 0.120. The second-order valence-electron chi connectivity index (χ2n) is 6.83. The minimum absolute atomic E-state index is 0.177. The van der Waals surface area contributed by atoms with E-state index in [0.29, 0.717) is 39.7 Å². The Labute approximate surface area is 184 Å². The van der Waals surface area contributed by atoms with Crippen molar-refractivity contribution < 1.29 is 33.3 Å². The highest BCUT2D eigenvalue weighted by molar-refractivity contribution is 6.14. The van der Waals surface area contributed by atoms with E-state index in [-0.39, 0.29) is 17.3 Å². The highest BCUT2D eigenvalue weighted by Crippen LogP contribution is 2.36. The Balaban J connectivity index is 1.56. The molecule has 0 amide bonds. The molecule has 1 heterocycles. The number of carbonyl (C=O) groups excluding carboxylic acids is 2. The van der Waals surface area contributed by atoms with E-state index in [0.717, 1.165) is 0 Å². The van der Waals surface area contributed by atoms with Crippen molar-refractivity contribution in [2.24, 2.45) is 0 Å². The van der Waals surface area contributed by atoms with Gasteiger partial charge in [0.25, 0.3) is 0 Å². The number of hydrogen-bond donors (Lipinski definition) is 0. The third-order valence-electron chi connectivity index (χ3n) is 4.87. The molecule has 3 aromatic rings. The average Bonchev–Trinajstić information content (AvgIpc) is 3.14. The van der Waals surface area contributed by atoms with Crippen LogP contribution in [0.2, 0.25) is 0 Å². The monoisotopic (exact) mass is 432 g/mol. The van der Waals surface area contributed by atoms with Crippen LogP contribution in [0, 0.1) is 0 Å². The molecule has 7 heteroatoms. The molecule has 0 unspecified atom stereocenters. The maximum Gasteiger partial charge on any atom is 0.343 e. The number of Topliss-reactive ketones (excluding diaryl/α,β-unsaturated/α-hetero) is 1. The molecule has 0 fully saturated rings. The largest absolute Gasteiger partial charge is 0.497 e. The standard InChI is InChI=1S/C25H20O7/c1-28-17-6-4-5-16(13-17)25(27)32-20-10-7-15(11-22(20)30-3)12-23-24(26)19-9-8-18(29-2)14-21(19)31-23/h4-14H,1-3H3/b23-12-. The number of rotatable bonds is 6. The van der Waals surface area contributed by atoms with Gasteiger partial charge in [-0.05, 0) is 54.1 Å². The minimum atomic E-state index is -0.549. The molecule has 0 saturated heterocycles. The van der Waals surface area contributed by atoms with Gasteiger partial charge in [0, 0.05) is 6.07 Å². The SMILES string of the molecule is COc1cccc(C(=O)Oc2ccc(/C=C3\Oc4cc(OC)ccc4C3=O)cc2OC)c1. The molecule has 0 aromatic heterocycles. The van der Waals surface area contributed by atoms with Crippen LogP contribution in [0.4, 0.5) is 0 Å². The predicted molar refractivity (Wildman–Crippen MR) is 117 cm³/mol. The van der Waals surface area contributed by atoms with Crippen LogP contribution < -0.4 is 23.7 Å². The molecule has 0 spiro atoms. The maximum atomic E-state index is 12.6. The van der Waals surface area contributed by atoms with Gasteiger partial charge in [-0.1, -0.05) is 12.1 Å². The quantitative estimate of drug-likeness (QED) is 0.321. The third kappa shape index (κ3) is 4.13. The number of ketones is 1. The lowest BCUT2D eigenvalue weighted by atomic mass is 10.1. The summed E-state index contributed by atoms with van der Waals surface area (Å²) in [6.45, 7) is 0. The first kappa shape index (κ1) is 21.0. The zero-order valence-electron chi connectivity index (χ0n) is 17.7. The maximum absolute atomic E-state index is 12.6. The summed E-state index contributed by atoms with van der Waals surface area (Å²) in [6, 6.07) is 16.6. The van der Waals surface area contributed by atoms with Gasteiger partial charge in [-0.3, -0.25) is 4.79 Å². The molecule has 162 valence electrons. The Morgan fingerprint density at radius 3 is 2.38 bits per heavy atom. The Hall–Kier alpha value is -4.26. The Morgan fingerprint density at radius 2 is 1.62 bits per heavy atom. The Morgan fingerprint density at radius 1 is 0.844 bits per heavy atom. The highest BCUT2D eigenvalue weighted by atomic mass is 16.6. The van der Waals surface area contributed by atoms with Gasteiger partial charge in [0.15, 0.2) is 17.3 Å². The molecule has 0 atom stereocenters. The van der Waals surface area contributed by atoms with Crippen LogP contribution in [-0.4, -0.2) is 33.1 Å². The molecule has 0 bridgehead atoms. The van der Waals surface area contributed by atoms with Crippen molar-refractivity contribution in [3.8, 4) is 28.7 Å². The summed E-state index contributed by atoms with van der Waals surface area (Å²) < 4.78 is 26.9. The van der Waals surface area contributed by atoms with Crippen LogP contribution in [0.1, 0.15) is 26.3 Å². The summed E-state index contributed by atoms with van der Waals surface area (Å²) in [6.07, 6.45) is 1.60. The number of esters is 1. The van der Waals surface area contributed by atoms with E-state index < -0.39 is 5.97 Å². The summed E-state index contributed by atoms with van der Waals surface area (Å²) in [5.74, 6) is 1.57. The van der Waals surface area contributed by atoms with E-state index in [9.17, 15) is 9.59 Å². The molecule has 32 heavy (non-hydrogen) atoms. The molecule has 0 radical (unpaired) electrons. The number of hydrogen-bond acceptors (Lipinski definition) is 7. The fourth-order valence-electron chi connectivity index (χ4n) is 3.21. The van der Waals surface area contributed by atoms with Crippen molar-refractivity contribution >= 4 is 17.8 Å². The van der Waals surface area contributed by atoms with Gasteiger partial charge in [-0.25, -0.2) is 4.79 Å². The number of allylic oxidation sites excluding steroid dienone is 1. The summed E-state index contributed by atoms with van der Waals surface area (Å²) in [4.78, 5) is 25.1. The number of ether oxygens (including phenoxy) is 5. The van der Waals surface area contributed by atoms with Crippen LogP contribution in [0.15, 0.2) is 66.4 Å². The van der Waals surface area contributed by atoms with Crippen molar-refractivity contribution in [2.75, 3.05) is 21.3 Å². The number of methoxy groups -OCH3 is 3. The van der Waals surface area contributed by atoms with E-state index in [1.54, 1.807) is 73.8 Å². The Bertz CT molecular complexity index is 1230. The van der Waals surface area contributed by atoms with Crippen LogP contribution in [0.5, 0.6) is 28.7 Å². The molecule has 1 aliphatic rings. The smallest absolute Gasteiger partial charge is 0.343 e. The van der Waals surface area contributed by atoms with Gasteiger partial charge in [0.2, 0.25) is 5.78 Å². The van der Waals surface area contributed by atoms with Gasteiger partial charge < -0.3 is 23.7 Å². The van der Waals surface area contributed by atoms with E-state index in [4.69, 9.17) is 23.7 Å². The fourth-order valence-corrected chi connectivity index (χ4v) is 3.21. The predicted octanol–water partition coefficient (Wildman–Crippen LogP) is 4.55. The van der Waals surface area contributed by atoms with Gasteiger partial charge in [-0.15, -0.1) is 0 Å². The first-order valence-electron chi connectivity index (χ1n) is 9.69. The summed E-state index contributed by atoms with van der Waals surface area (Å²) in [5.41, 5.74) is 1.45. The lowest BCUT2D eigenvalue weighted by Gasteiger charge is -2.10. The third-order valence-corrected chi connectivity index (χ3v) is 4.87. The lowest BCUT2D eigenvalue weighted by Crippen LogP contribution is -2.09. The first-order chi connectivity index (χ1) is 15.5. The van der Waals surface area contributed by atoms with E-state index in [2.05, 4.69) is 0 Å². The summed E-state index contributed by atoms with van der Waals surface area (Å²) >= 11 is 0. The number of fused-ring (bicyclic) bond motifs is 1. The zero-order chi connectivity index (χ0) is 22.7. The van der Waals surface area contributed by atoms with Crippen molar-refractivity contribution in [3.05, 3.63) is 83.1 Å². The van der Waals surface area contributed by atoms with Crippen LogP contribution in [-0.2, 0) is 0 Å². The number of carbonyl (C=O) groups is 2. The summed E-state index contributed by atoms with van der Waals surface area (Å²) in [5, 5.41) is 0. The van der Waals surface area contributed by atoms with Crippen LogP contribution in [0.25, 0.3) is 6.08 Å². The molecular weight excluding hydrogens is 412 g/mol. The normalized spacial score (nSPS) is 13.3. The lowest BCUT2D eigenvalue weighted by molar-refractivity contribution is 0.0729. The first-order valence-corrected chi connectivity index (χ1v) is 9.69. The number of benzene rings is 3. The molecule has 1 aliphatic heterocycles. The molecule has 0 saturated carbocycles. The molecule has 0 aliphatic carbocycles. The second-order valence-corrected chi connectivity index (χ2v) is 6.83. The Kier molecular flexibility index (Phi) is 5.81. The van der Waals surface area contributed by atoms with Gasteiger partial charge in [0.05, 0.1) is 32.5 Å². The zero-order valence-corrected chi connectivity index (χ0v) is 17.7.